The minimum atomic E-state index is -3.17. The highest BCUT2D eigenvalue weighted by atomic mass is 32.2. The average Bonchev–Trinajstić information content (AvgIpc) is 2.65. The summed E-state index contributed by atoms with van der Waals surface area (Å²) in [4.78, 5) is 9.08. The van der Waals surface area contributed by atoms with Crippen LogP contribution in [0, 0.1) is 5.41 Å². The Balaban J connectivity index is 1.38. The van der Waals surface area contributed by atoms with E-state index in [4.69, 9.17) is 4.98 Å². The molecule has 1 spiro atoms. The van der Waals surface area contributed by atoms with Crippen LogP contribution in [0.3, 0.4) is 0 Å². The molecule has 31 heavy (non-hydrogen) atoms. The molecule has 0 radical (unpaired) electrons. The molecule has 3 aliphatic rings. The molecule has 0 atom stereocenters. The lowest BCUT2D eigenvalue weighted by Crippen LogP contribution is -2.59. The summed E-state index contributed by atoms with van der Waals surface area (Å²) in [6.45, 7) is 2.93. The van der Waals surface area contributed by atoms with Gasteiger partial charge in [-0.2, -0.15) is 0 Å². The summed E-state index contributed by atoms with van der Waals surface area (Å²) in [6, 6.07) is 3.18. The van der Waals surface area contributed by atoms with Crippen molar-refractivity contribution < 1.29 is 17.2 Å². The minimum Gasteiger partial charge on any atom is -0.351 e. The molecule has 7 nitrogen and oxygen atoms in total. The van der Waals surface area contributed by atoms with E-state index in [1.54, 1.807) is 12.3 Å². The Bertz CT molecular complexity index is 1090. The maximum Gasteiger partial charge on any atom is 0.263 e. The quantitative estimate of drug-likeness (QED) is 0.727. The zero-order chi connectivity index (χ0) is 21.8. The van der Waals surface area contributed by atoms with Gasteiger partial charge >= 0.3 is 0 Å². The predicted molar refractivity (Wildman–Crippen MR) is 115 cm³/mol. The summed E-state index contributed by atoms with van der Waals surface area (Å²) in [5.74, 6) is 0.708. The Labute approximate surface area is 180 Å². The molecule has 1 saturated carbocycles. The average molecular weight is 452 g/mol. The molecule has 3 fully saturated rings. The summed E-state index contributed by atoms with van der Waals surface area (Å²) in [5, 5.41) is 7.27. The van der Waals surface area contributed by atoms with Gasteiger partial charge in [-0.1, -0.05) is 0 Å². The molecular formula is C21H27F2N5O2S. The number of nitrogens with zero attached hydrogens (tertiary/aromatic N) is 3. The standard InChI is InChI=1S/C21H27F2N5O2S/c1-31(29,30)28-4-2-16(3-5-28)26-20-25-10-14-6-13(19(22)23)7-17(18(14)27-20)15-8-21(9-15)11-24-12-21/h6-7,10,15-16,19,24H,2-5,8-9,11-12H2,1H3,(H,25,26,27). The Morgan fingerprint density at radius 2 is 1.94 bits per heavy atom. The van der Waals surface area contributed by atoms with Crippen LogP contribution in [0.2, 0.25) is 0 Å². The predicted octanol–water partition coefficient (Wildman–Crippen LogP) is 2.87. The molecule has 10 heteroatoms. The van der Waals surface area contributed by atoms with Gasteiger partial charge in [-0.15, -0.1) is 0 Å². The van der Waals surface area contributed by atoms with Crippen LogP contribution in [0.5, 0.6) is 0 Å². The van der Waals surface area contributed by atoms with E-state index in [1.807, 2.05) is 0 Å². The number of sulfonamides is 1. The van der Waals surface area contributed by atoms with Crippen molar-refractivity contribution in [2.75, 3.05) is 37.8 Å². The largest absolute Gasteiger partial charge is 0.351 e. The van der Waals surface area contributed by atoms with Crippen LogP contribution < -0.4 is 10.6 Å². The fourth-order valence-corrected chi connectivity index (χ4v) is 6.07. The second-order valence-electron chi connectivity index (χ2n) is 9.33. The van der Waals surface area contributed by atoms with Crippen LogP contribution in [0.25, 0.3) is 10.9 Å². The van der Waals surface area contributed by atoms with Gasteiger partial charge in [0.1, 0.15) is 0 Å². The number of anilines is 1. The lowest BCUT2D eigenvalue weighted by molar-refractivity contribution is 0.0366. The van der Waals surface area contributed by atoms with E-state index < -0.39 is 16.4 Å². The third kappa shape index (κ3) is 4.01. The lowest BCUT2D eigenvalue weighted by Gasteiger charge is -2.54. The lowest BCUT2D eigenvalue weighted by atomic mass is 9.56. The van der Waals surface area contributed by atoms with Crippen LogP contribution >= 0.6 is 0 Å². The maximum absolute atomic E-state index is 13.5. The number of piperidine rings is 1. The van der Waals surface area contributed by atoms with E-state index in [0.29, 0.717) is 42.7 Å². The van der Waals surface area contributed by atoms with Crippen molar-refractivity contribution in [1.82, 2.24) is 19.6 Å². The Kier molecular flexibility index (Phi) is 5.14. The first-order valence-electron chi connectivity index (χ1n) is 10.7. The fraction of sp³-hybridized carbons (Fsp3) is 0.619. The normalized spacial score (nSPS) is 22.6. The van der Waals surface area contributed by atoms with Gasteiger partial charge in [-0.3, -0.25) is 0 Å². The Hall–Kier alpha value is -1.91. The van der Waals surface area contributed by atoms with Gasteiger partial charge in [-0.25, -0.2) is 31.5 Å². The zero-order valence-corrected chi connectivity index (χ0v) is 18.3. The van der Waals surface area contributed by atoms with Crippen molar-refractivity contribution in [1.29, 1.82) is 0 Å². The number of fused-ring (bicyclic) bond motifs is 1. The molecule has 2 saturated heterocycles. The van der Waals surface area contributed by atoms with Gasteiger partial charge in [0, 0.05) is 49.4 Å². The molecule has 0 unspecified atom stereocenters. The monoisotopic (exact) mass is 451 g/mol. The van der Waals surface area contributed by atoms with E-state index in [-0.39, 0.29) is 17.5 Å². The molecule has 1 aromatic heterocycles. The summed E-state index contributed by atoms with van der Waals surface area (Å²) in [7, 11) is -3.17. The number of hydrogen-bond donors (Lipinski definition) is 2. The van der Waals surface area contributed by atoms with Crippen molar-refractivity contribution in [2.24, 2.45) is 5.41 Å². The molecule has 2 N–H and O–H groups in total. The number of rotatable bonds is 5. The number of aromatic nitrogens is 2. The van der Waals surface area contributed by atoms with Gasteiger partial charge < -0.3 is 10.6 Å². The fourth-order valence-electron chi connectivity index (χ4n) is 5.19. The molecule has 2 aliphatic heterocycles. The third-order valence-electron chi connectivity index (χ3n) is 7.04. The topological polar surface area (TPSA) is 87.2 Å². The maximum atomic E-state index is 13.5. The van der Waals surface area contributed by atoms with E-state index in [1.165, 1.54) is 16.6 Å². The molecule has 5 rings (SSSR count). The van der Waals surface area contributed by atoms with Crippen molar-refractivity contribution in [2.45, 2.75) is 44.1 Å². The van der Waals surface area contributed by atoms with Crippen molar-refractivity contribution in [3.8, 4) is 0 Å². The summed E-state index contributed by atoms with van der Waals surface area (Å²) in [6.07, 6.45) is 3.66. The van der Waals surface area contributed by atoms with Crippen LogP contribution in [0.15, 0.2) is 18.3 Å². The van der Waals surface area contributed by atoms with E-state index >= 15 is 0 Å². The van der Waals surface area contributed by atoms with Crippen molar-refractivity contribution in [3.63, 3.8) is 0 Å². The summed E-state index contributed by atoms with van der Waals surface area (Å²) < 4.78 is 51.9. The van der Waals surface area contributed by atoms with Crippen LogP contribution in [-0.4, -0.2) is 61.2 Å². The van der Waals surface area contributed by atoms with E-state index in [9.17, 15) is 17.2 Å². The Morgan fingerprint density at radius 1 is 1.23 bits per heavy atom. The third-order valence-corrected chi connectivity index (χ3v) is 8.34. The highest BCUT2D eigenvalue weighted by Crippen LogP contribution is 2.54. The SMILES string of the molecule is CS(=O)(=O)N1CCC(Nc2ncc3cc(C(F)F)cc(C4CC5(CNC5)C4)c3n2)CC1. The van der Waals surface area contributed by atoms with E-state index in [2.05, 4.69) is 15.6 Å². The second-order valence-corrected chi connectivity index (χ2v) is 11.3. The molecule has 2 aromatic rings. The Morgan fingerprint density at radius 3 is 2.52 bits per heavy atom. The van der Waals surface area contributed by atoms with Crippen molar-refractivity contribution in [3.05, 3.63) is 29.5 Å². The first-order valence-corrected chi connectivity index (χ1v) is 12.6. The number of hydrogen-bond acceptors (Lipinski definition) is 6. The zero-order valence-electron chi connectivity index (χ0n) is 17.4. The molecule has 0 bridgehead atoms. The summed E-state index contributed by atoms with van der Waals surface area (Å²) in [5.41, 5.74) is 1.98. The first kappa shape index (κ1) is 21.0. The van der Waals surface area contributed by atoms with E-state index in [0.717, 1.165) is 37.0 Å². The number of nitrogens with one attached hydrogen (secondary N) is 2. The van der Waals surface area contributed by atoms with Crippen LogP contribution in [0.1, 0.15) is 49.2 Å². The van der Waals surface area contributed by atoms with Crippen LogP contribution in [0.4, 0.5) is 14.7 Å². The first-order chi connectivity index (χ1) is 14.7. The second kappa shape index (κ2) is 7.60. The van der Waals surface area contributed by atoms with Crippen molar-refractivity contribution >= 4 is 26.9 Å². The minimum absolute atomic E-state index is 0.0210. The highest BCUT2D eigenvalue weighted by molar-refractivity contribution is 7.88. The smallest absolute Gasteiger partial charge is 0.263 e. The highest BCUT2D eigenvalue weighted by Gasteiger charge is 2.49. The van der Waals surface area contributed by atoms with Gasteiger partial charge in [-0.05, 0) is 54.7 Å². The number of halogens is 2. The molecular weight excluding hydrogens is 424 g/mol. The van der Waals surface area contributed by atoms with Gasteiger partial charge in [0.15, 0.2) is 0 Å². The molecule has 1 aliphatic carbocycles. The van der Waals surface area contributed by atoms with Gasteiger partial charge in [0.25, 0.3) is 6.43 Å². The molecule has 1 aromatic carbocycles. The van der Waals surface area contributed by atoms with Crippen LogP contribution in [-0.2, 0) is 10.0 Å². The molecule has 168 valence electrons. The number of alkyl halides is 2. The number of benzene rings is 1. The van der Waals surface area contributed by atoms with Gasteiger partial charge in [0.2, 0.25) is 16.0 Å². The van der Waals surface area contributed by atoms with Gasteiger partial charge in [0.05, 0.1) is 11.8 Å². The molecule has 3 heterocycles. The molecule has 0 amide bonds. The summed E-state index contributed by atoms with van der Waals surface area (Å²) >= 11 is 0.